The van der Waals surface area contributed by atoms with Gasteiger partial charge in [-0.1, -0.05) is 73.6 Å². The molecule has 1 rings (SSSR count). The molecule has 0 heterocycles. The first-order chi connectivity index (χ1) is 6.83. The van der Waals surface area contributed by atoms with Crippen LogP contribution in [-0.2, 0) is 12.8 Å². The van der Waals surface area contributed by atoms with E-state index in [1.165, 1.54) is 5.56 Å². The molecule has 0 bridgehead atoms. The minimum Gasteiger partial charge on any atom is -0.0833 e. The van der Waals surface area contributed by atoms with Gasteiger partial charge in [0.15, 0.2) is 3.79 Å². The van der Waals surface area contributed by atoms with E-state index in [1.54, 1.807) is 0 Å². The summed E-state index contributed by atoms with van der Waals surface area (Å²) >= 11 is 24.3. The van der Waals surface area contributed by atoms with Crippen LogP contribution < -0.4 is 0 Å². The maximum Gasteiger partial charge on any atom is 0.194 e. The van der Waals surface area contributed by atoms with Gasteiger partial charge < -0.3 is 0 Å². The Bertz CT molecular complexity index is 335. The molecule has 1 aromatic rings. The highest BCUT2D eigenvalue weighted by molar-refractivity contribution is 9.11. The minimum absolute atomic E-state index is 0.378. The van der Waals surface area contributed by atoms with E-state index in [0.29, 0.717) is 6.42 Å². The zero-order valence-electron chi connectivity index (χ0n) is 7.96. The van der Waals surface area contributed by atoms with E-state index < -0.39 is 3.79 Å². The molecule has 0 radical (unpaired) electrons. The topological polar surface area (TPSA) is 0 Å². The summed E-state index contributed by atoms with van der Waals surface area (Å²) in [4.78, 5) is 0. The molecule has 0 aliphatic rings. The van der Waals surface area contributed by atoms with Gasteiger partial charge in [0.1, 0.15) is 0 Å². The zero-order valence-corrected chi connectivity index (χ0v) is 13.4. The van der Waals surface area contributed by atoms with Crippen LogP contribution in [0.2, 0.25) is 0 Å². The average Bonchev–Trinajstić information content (AvgIpc) is 2.09. The Morgan fingerprint density at radius 2 is 1.60 bits per heavy atom. The standard InChI is InChI=1S/C10H9Br2Cl3/c1-2-6-3-8(11)7(9(12)4-6)5-10(13,14)15/h3-4H,2,5H2,1H3. The molecule has 0 aromatic heterocycles. The van der Waals surface area contributed by atoms with Crippen LogP contribution >= 0.6 is 66.7 Å². The second kappa shape index (κ2) is 5.59. The average molecular weight is 395 g/mol. The van der Waals surface area contributed by atoms with Crippen molar-refractivity contribution in [1.82, 2.24) is 0 Å². The molecule has 0 nitrogen and oxygen atoms in total. The lowest BCUT2D eigenvalue weighted by molar-refractivity contribution is 0.995. The summed E-state index contributed by atoms with van der Waals surface area (Å²) in [5.41, 5.74) is 2.22. The Morgan fingerprint density at radius 3 is 1.93 bits per heavy atom. The van der Waals surface area contributed by atoms with Crippen LogP contribution in [0.4, 0.5) is 0 Å². The summed E-state index contributed by atoms with van der Waals surface area (Å²) in [6.45, 7) is 2.10. The molecule has 0 N–H and O–H groups in total. The molecule has 84 valence electrons. The van der Waals surface area contributed by atoms with Crippen molar-refractivity contribution in [1.29, 1.82) is 0 Å². The molecule has 15 heavy (non-hydrogen) atoms. The molecule has 1 aromatic carbocycles. The van der Waals surface area contributed by atoms with Gasteiger partial charge in [-0.3, -0.25) is 0 Å². The third kappa shape index (κ3) is 4.43. The highest BCUT2D eigenvalue weighted by atomic mass is 79.9. The molecule has 0 amide bonds. The van der Waals surface area contributed by atoms with Crippen LogP contribution in [0.5, 0.6) is 0 Å². The van der Waals surface area contributed by atoms with Gasteiger partial charge in [-0.2, -0.15) is 0 Å². The maximum atomic E-state index is 5.77. The molecule has 0 saturated heterocycles. The summed E-state index contributed by atoms with van der Waals surface area (Å²) in [7, 11) is 0. The van der Waals surface area contributed by atoms with Gasteiger partial charge in [0, 0.05) is 15.4 Å². The summed E-state index contributed by atoms with van der Waals surface area (Å²) in [5.74, 6) is 0. The second-order valence-electron chi connectivity index (χ2n) is 3.18. The summed E-state index contributed by atoms with van der Waals surface area (Å²) in [6, 6.07) is 4.10. The maximum absolute atomic E-state index is 5.77. The van der Waals surface area contributed by atoms with Gasteiger partial charge in [-0.05, 0) is 29.7 Å². The smallest absolute Gasteiger partial charge is 0.0833 e. The number of aryl methyl sites for hydroxylation is 1. The highest BCUT2D eigenvalue weighted by Gasteiger charge is 2.23. The molecule has 0 aliphatic carbocycles. The van der Waals surface area contributed by atoms with Gasteiger partial charge in [-0.15, -0.1) is 0 Å². The lowest BCUT2D eigenvalue weighted by Gasteiger charge is -2.15. The van der Waals surface area contributed by atoms with Crippen LogP contribution in [-0.4, -0.2) is 3.79 Å². The van der Waals surface area contributed by atoms with Crippen LogP contribution in [0.15, 0.2) is 21.1 Å². The fourth-order valence-corrected chi connectivity index (χ4v) is 3.19. The van der Waals surface area contributed by atoms with E-state index in [0.717, 1.165) is 20.9 Å². The molecule has 0 fully saturated rings. The van der Waals surface area contributed by atoms with Crippen molar-refractivity contribution in [3.63, 3.8) is 0 Å². The number of rotatable bonds is 2. The number of hydrogen-bond acceptors (Lipinski definition) is 0. The fourth-order valence-electron chi connectivity index (χ4n) is 1.23. The number of benzene rings is 1. The van der Waals surface area contributed by atoms with Crippen molar-refractivity contribution in [2.75, 3.05) is 0 Å². The highest BCUT2D eigenvalue weighted by Crippen LogP contribution is 2.36. The van der Waals surface area contributed by atoms with E-state index in [4.69, 9.17) is 34.8 Å². The first-order valence-electron chi connectivity index (χ1n) is 4.37. The van der Waals surface area contributed by atoms with Gasteiger partial charge in [0.05, 0.1) is 0 Å². The van der Waals surface area contributed by atoms with E-state index in [1.807, 2.05) is 0 Å². The lowest BCUT2D eigenvalue weighted by atomic mass is 10.1. The quantitative estimate of drug-likeness (QED) is 0.565. The summed E-state index contributed by atoms with van der Waals surface area (Å²) < 4.78 is 0.679. The molecular formula is C10H9Br2Cl3. The van der Waals surface area contributed by atoms with Crippen molar-refractivity contribution in [3.8, 4) is 0 Å². The third-order valence-corrected chi connectivity index (χ3v) is 3.80. The molecule has 0 saturated carbocycles. The molecular weight excluding hydrogens is 386 g/mol. The Labute approximate surface area is 122 Å². The van der Waals surface area contributed by atoms with Gasteiger partial charge in [-0.25, -0.2) is 0 Å². The first kappa shape index (κ1) is 14.1. The molecule has 0 aliphatic heterocycles. The molecule has 0 atom stereocenters. The van der Waals surface area contributed by atoms with E-state index in [9.17, 15) is 0 Å². The van der Waals surface area contributed by atoms with Crippen LogP contribution in [0.3, 0.4) is 0 Å². The van der Waals surface area contributed by atoms with Crippen LogP contribution in [0.25, 0.3) is 0 Å². The number of hydrogen-bond donors (Lipinski definition) is 0. The second-order valence-corrected chi connectivity index (χ2v) is 7.41. The van der Waals surface area contributed by atoms with Crippen molar-refractivity contribution in [2.45, 2.75) is 23.6 Å². The van der Waals surface area contributed by atoms with Crippen LogP contribution in [0.1, 0.15) is 18.1 Å². The Balaban J connectivity index is 3.09. The molecule has 5 heteroatoms. The van der Waals surface area contributed by atoms with Crippen molar-refractivity contribution >= 4 is 66.7 Å². The van der Waals surface area contributed by atoms with Crippen LogP contribution in [0, 0.1) is 0 Å². The van der Waals surface area contributed by atoms with Gasteiger partial charge in [0.2, 0.25) is 0 Å². The largest absolute Gasteiger partial charge is 0.194 e. The molecule has 0 unspecified atom stereocenters. The third-order valence-electron chi connectivity index (χ3n) is 1.99. The zero-order chi connectivity index (χ0) is 11.6. The number of alkyl halides is 3. The van der Waals surface area contributed by atoms with Crippen molar-refractivity contribution in [2.24, 2.45) is 0 Å². The van der Waals surface area contributed by atoms with E-state index in [-0.39, 0.29) is 0 Å². The van der Waals surface area contributed by atoms with Gasteiger partial charge in [0.25, 0.3) is 0 Å². The SMILES string of the molecule is CCc1cc(Br)c(CC(Cl)(Cl)Cl)c(Br)c1. The Hall–Kier alpha value is 1.05. The first-order valence-corrected chi connectivity index (χ1v) is 7.09. The van der Waals surface area contributed by atoms with E-state index >= 15 is 0 Å². The number of halogens is 5. The summed E-state index contributed by atoms with van der Waals surface area (Å²) in [6.07, 6.45) is 1.36. The Morgan fingerprint density at radius 1 is 1.13 bits per heavy atom. The van der Waals surface area contributed by atoms with Crippen molar-refractivity contribution in [3.05, 3.63) is 32.2 Å². The monoisotopic (exact) mass is 392 g/mol. The summed E-state index contributed by atoms with van der Waals surface area (Å²) in [5, 5.41) is 0. The predicted octanol–water partition coefficient (Wildman–Crippen LogP) is 5.69. The molecule has 0 spiro atoms. The van der Waals surface area contributed by atoms with Gasteiger partial charge >= 0.3 is 0 Å². The predicted molar refractivity (Wildman–Crippen MR) is 75.2 cm³/mol. The lowest BCUT2D eigenvalue weighted by Crippen LogP contribution is -2.08. The van der Waals surface area contributed by atoms with E-state index in [2.05, 4.69) is 50.9 Å². The normalized spacial score (nSPS) is 11.9. The fraction of sp³-hybridized carbons (Fsp3) is 0.400. The Kier molecular flexibility index (Phi) is 5.26. The van der Waals surface area contributed by atoms with Crippen molar-refractivity contribution < 1.29 is 0 Å². The minimum atomic E-state index is -1.27.